The van der Waals surface area contributed by atoms with E-state index in [9.17, 15) is 9.18 Å². The van der Waals surface area contributed by atoms with Crippen molar-refractivity contribution in [3.05, 3.63) is 92.6 Å². The van der Waals surface area contributed by atoms with Gasteiger partial charge < -0.3 is 10.1 Å². The fraction of sp³-hybridized carbons (Fsp3) is 0.136. The summed E-state index contributed by atoms with van der Waals surface area (Å²) in [7, 11) is 0. The number of aryl methyl sites for hydroxylation is 1. The molecule has 33 heavy (non-hydrogen) atoms. The molecule has 0 unspecified atom stereocenters. The number of halogens is 4. The van der Waals surface area contributed by atoms with Gasteiger partial charge in [0.2, 0.25) is 0 Å². The van der Waals surface area contributed by atoms with Gasteiger partial charge in [-0.2, -0.15) is 10.2 Å². The average Bonchev–Trinajstić information content (AvgIpc) is 3.38. The number of anilines is 1. The second kappa shape index (κ2) is 9.82. The molecular formula is C22H17Cl3FN5O2. The summed E-state index contributed by atoms with van der Waals surface area (Å²) in [6.07, 6.45) is 1.60. The van der Waals surface area contributed by atoms with Crippen LogP contribution in [0.4, 0.5) is 10.2 Å². The second-order valence-corrected chi connectivity index (χ2v) is 8.28. The maximum atomic E-state index is 13.3. The van der Waals surface area contributed by atoms with Crippen LogP contribution >= 0.6 is 34.8 Å². The largest absolute Gasteiger partial charge is 0.470 e. The van der Waals surface area contributed by atoms with Gasteiger partial charge in [0.1, 0.15) is 16.6 Å². The molecule has 1 amide bonds. The number of hydrogen-bond donors (Lipinski definition) is 1. The molecule has 0 saturated carbocycles. The van der Waals surface area contributed by atoms with Crippen molar-refractivity contribution in [2.75, 3.05) is 5.32 Å². The van der Waals surface area contributed by atoms with E-state index in [1.807, 2.05) is 6.92 Å². The van der Waals surface area contributed by atoms with Crippen molar-refractivity contribution >= 4 is 46.5 Å². The zero-order valence-corrected chi connectivity index (χ0v) is 19.5. The lowest BCUT2D eigenvalue weighted by molar-refractivity contribution is 0.101. The highest BCUT2D eigenvalue weighted by molar-refractivity contribution is 6.42. The van der Waals surface area contributed by atoms with E-state index in [1.165, 1.54) is 16.8 Å². The Morgan fingerprint density at radius 2 is 1.91 bits per heavy atom. The molecule has 0 fully saturated rings. The van der Waals surface area contributed by atoms with Gasteiger partial charge in [0.15, 0.2) is 18.2 Å². The van der Waals surface area contributed by atoms with Crippen molar-refractivity contribution in [1.82, 2.24) is 19.6 Å². The van der Waals surface area contributed by atoms with E-state index in [-0.39, 0.29) is 12.4 Å². The van der Waals surface area contributed by atoms with Crippen molar-refractivity contribution in [3.63, 3.8) is 0 Å². The minimum Gasteiger partial charge on any atom is -0.470 e. The van der Waals surface area contributed by atoms with E-state index in [0.29, 0.717) is 38.7 Å². The molecule has 0 aliphatic carbocycles. The molecule has 0 aliphatic heterocycles. The van der Waals surface area contributed by atoms with Crippen LogP contribution in [-0.2, 0) is 13.3 Å². The van der Waals surface area contributed by atoms with Crippen molar-refractivity contribution < 1.29 is 13.9 Å². The van der Waals surface area contributed by atoms with E-state index >= 15 is 0 Å². The van der Waals surface area contributed by atoms with Gasteiger partial charge in [-0.1, -0.05) is 46.9 Å². The Balaban J connectivity index is 1.39. The molecule has 1 N–H and O–H groups in total. The number of hydrogen-bond acceptors (Lipinski definition) is 4. The number of rotatable bonds is 7. The molecule has 4 aromatic rings. The van der Waals surface area contributed by atoms with Crippen molar-refractivity contribution in [2.24, 2.45) is 0 Å². The van der Waals surface area contributed by atoms with Gasteiger partial charge in [0.05, 0.1) is 11.6 Å². The first-order valence-electron chi connectivity index (χ1n) is 9.70. The van der Waals surface area contributed by atoms with Crippen LogP contribution in [0.2, 0.25) is 15.1 Å². The van der Waals surface area contributed by atoms with Crippen LogP contribution in [0.15, 0.2) is 54.7 Å². The van der Waals surface area contributed by atoms with Crippen LogP contribution in [0.5, 0.6) is 5.75 Å². The van der Waals surface area contributed by atoms with Gasteiger partial charge in [-0.15, -0.1) is 0 Å². The summed E-state index contributed by atoms with van der Waals surface area (Å²) < 4.78 is 22.0. The Hall–Kier alpha value is -3.07. The lowest BCUT2D eigenvalue weighted by Crippen LogP contribution is -2.15. The van der Waals surface area contributed by atoms with Crippen molar-refractivity contribution in [1.29, 1.82) is 0 Å². The minimum absolute atomic E-state index is 0.0412. The van der Waals surface area contributed by atoms with E-state index in [4.69, 9.17) is 39.5 Å². The van der Waals surface area contributed by atoms with Gasteiger partial charge in [-0.05, 0) is 42.8 Å². The smallest absolute Gasteiger partial charge is 0.277 e. The normalized spacial score (nSPS) is 10.9. The molecule has 2 aromatic heterocycles. The van der Waals surface area contributed by atoms with Crippen LogP contribution < -0.4 is 10.1 Å². The third-order valence-electron chi connectivity index (χ3n) is 4.70. The molecule has 0 saturated heterocycles. The summed E-state index contributed by atoms with van der Waals surface area (Å²) in [5, 5.41) is 12.3. The maximum Gasteiger partial charge on any atom is 0.277 e. The Bertz CT molecular complexity index is 1320. The van der Waals surface area contributed by atoms with Gasteiger partial charge in [0.25, 0.3) is 5.91 Å². The molecule has 4 rings (SSSR count). The molecular weight excluding hydrogens is 492 g/mol. The summed E-state index contributed by atoms with van der Waals surface area (Å²) in [5.41, 5.74) is 1.69. The minimum atomic E-state index is -0.431. The van der Waals surface area contributed by atoms with Crippen LogP contribution in [0.25, 0.3) is 0 Å². The molecule has 11 heteroatoms. The molecule has 7 nitrogen and oxygen atoms in total. The predicted molar refractivity (Wildman–Crippen MR) is 125 cm³/mol. The topological polar surface area (TPSA) is 74.0 Å². The molecule has 170 valence electrons. The third kappa shape index (κ3) is 5.47. The molecule has 0 atom stereocenters. The van der Waals surface area contributed by atoms with Crippen LogP contribution in [0, 0.1) is 12.7 Å². The molecule has 0 aliphatic rings. The van der Waals surface area contributed by atoms with Gasteiger partial charge in [0, 0.05) is 23.0 Å². The highest BCUT2D eigenvalue weighted by Gasteiger charge is 2.14. The van der Waals surface area contributed by atoms with Gasteiger partial charge >= 0.3 is 0 Å². The molecule has 0 bridgehead atoms. The monoisotopic (exact) mass is 507 g/mol. The number of amides is 1. The van der Waals surface area contributed by atoms with E-state index in [1.54, 1.807) is 47.3 Å². The van der Waals surface area contributed by atoms with E-state index in [0.717, 1.165) is 5.69 Å². The SMILES string of the molecule is Cc1cc(NC(=O)c2ccn(COc3cccc(Cl)c3Cl)n2)nn1Cc1ccc(F)cc1Cl. The quantitative estimate of drug-likeness (QED) is 0.341. The summed E-state index contributed by atoms with van der Waals surface area (Å²) in [6.45, 7) is 2.21. The summed E-state index contributed by atoms with van der Waals surface area (Å²) in [4.78, 5) is 12.6. The van der Waals surface area contributed by atoms with E-state index < -0.39 is 11.7 Å². The molecule has 2 aromatic carbocycles. The predicted octanol–water partition coefficient (Wildman–Crippen LogP) is 5.82. The number of nitrogens with one attached hydrogen (secondary N) is 1. The van der Waals surface area contributed by atoms with Crippen molar-refractivity contribution in [3.8, 4) is 5.75 Å². The highest BCUT2D eigenvalue weighted by Crippen LogP contribution is 2.31. The lowest BCUT2D eigenvalue weighted by atomic mass is 10.2. The standard InChI is InChI=1S/C22H17Cl3FN5O2/c1-13-9-20(29-31(13)11-14-5-6-15(26)10-17(14)24)27-22(32)18-7-8-30(28-18)12-33-19-4-2-3-16(23)21(19)25/h2-10H,11-12H2,1H3,(H,27,29,32). The number of benzene rings is 2. The third-order valence-corrected chi connectivity index (χ3v) is 5.85. The van der Waals surface area contributed by atoms with Gasteiger partial charge in [-0.3, -0.25) is 9.48 Å². The number of carbonyl (C=O) groups is 1. The van der Waals surface area contributed by atoms with Crippen molar-refractivity contribution in [2.45, 2.75) is 20.2 Å². The van der Waals surface area contributed by atoms with Crippen LogP contribution in [0.3, 0.4) is 0 Å². The second-order valence-electron chi connectivity index (χ2n) is 7.08. The Kier molecular flexibility index (Phi) is 6.88. The first-order valence-corrected chi connectivity index (χ1v) is 10.8. The Morgan fingerprint density at radius 1 is 1.09 bits per heavy atom. The molecule has 2 heterocycles. The summed E-state index contributed by atoms with van der Waals surface area (Å²) >= 11 is 18.2. The Morgan fingerprint density at radius 3 is 2.70 bits per heavy atom. The fourth-order valence-electron chi connectivity index (χ4n) is 3.01. The van der Waals surface area contributed by atoms with Gasteiger partial charge in [-0.25, -0.2) is 9.07 Å². The molecule has 0 spiro atoms. The fourth-order valence-corrected chi connectivity index (χ4v) is 3.58. The first kappa shape index (κ1) is 23.1. The number of nitrogens with zero attached hydrogens (tertiary/aromatic N) is 4. The van der Waals surface area contributed by atoms with Crippen LogP contribution in [0.1, 0.15) is 21.7 Å². The molecule has 0 radical (unpaired) electrons. The summed E-state index contributed by atoms with van der Waals surface area (Å²) in [6, 6.07) is 12.5. The zero-order chi connectivity index (χ0) is 23.5. The summed E-state index contributed by atoms with van der Waals surface area (Å²) in [5.74, 6) is -0.0754. The zero-order valence-electron chi connectivity index (χ0n) is 17.2. The first-order chi connectivity index (χ1) is 15.8. The lowest BCUT2D eigenvalue weighted by Gasteiger charge is -2.08. The highest BCUT2D eigenvalue weighted by atomic mass is 35.5. The number of carbonyl (C=O) groups excluding carboxylic acids is 1. The number of aromatic nitrogens is 4. The van der Waals surface area contributed by atoms with Crippen LogP contribution in [-0.4, -0.2) is 25.5 Å². The van der Waals surface area contributed by atoms with E-state index in [2.05, 4.69) is 15.5 Å². The Labute approximate surface area is 203 Å². The number of ether oxygens (including phenoxy) is 1. The maximum absolute atomic E-state index is 13.3. The average molecular weight is 509 g/mol.